The van der Waals surface area contributed by atoms with Gasteiger partial charge in [-0.3, -0.25) is 4.79 Å². The predicted octanol–water partition coefficient (Wildman–Crippen LogP) is 2.90. The van der Waals surface area contributed by atoms with E-state index < -0.39 is 66.5 Å². The molecule has 0 bridgehead atoms. The zero-order chi connectivity index (χ0) is 36.3. The molecular weight excluding hydrogens is 686 g/mol. The summed E-state index contributed by atoms with van der Waals surface area (Å²) in [4.78, 5) is 26.6. The van der Waals surface area contributed by atoms with Gasteiger partial charge in [0.25, 0.3) is 0 Å². The van der Waals surface area contributed by atoms with Crippen LogP contribution in [0.4, 0.5) is 4.79 Å². The molecule has 16 heteroatoms. The van der Waals surface area contributed by atoms with Crippen molar-refractivity contribution in [3.8, 4) is 28.7 Å². The van der Waals surface area contributed by atoms with Gasteiger partial charge < -0.3 is 67.3 Å². The second-order valence-electron chi connectivity index (χ2n) is 14.1. The number of carbonyl (C=O) groups is 2. The number of aliphatic hydroxyl groups excluding tert-OH is 1. The summed E-state index contributed by atoms with van der Waals surface area (Å²) in [5.74, 6) is -1.48. The minimum atomic E-state index is -1.03. The molecule has 10 atom stereocenters. The first-order chi connectivity index (χ1) is 25.0. The van der Waals surface area contributed by atoms with Crippen LogP contribution in [0.5, 0.6) is 28.7 Å². The molecular formula is C36H43NO15. The van der Waals surface area contributed by atoms with Gasteiger partial charge in [0.2, 0.25) is 12.5 Å². The van der Waals surface area contributed by atoms with Crippen molar-refractivity contribution in [3.05, 3.63) is 41.0 Å². The van der Waals surface area contributed by atoms with Crippen molar-refractivity contribution in [1.82, 2.24) is 5.32 Å². The molecule has 5 heterocycles. The van der Waals surface area contributed by atoms with Gasteiger partial charge in [0.05, 0.1) is 52.2 Å². The first kappa shape index (κ1) is 35.1. The van der Waals surface area contributed by atoms with E-state index in [-0.39, 0.29) is 49.4 Å². The topological polar surface area (TPSA) is 177 Å². The second kappa shape index (κ2) is 13.8. The van der Waals surface area contributed by atoms with Crippen LogP contribution in [0.3, 0.4) is 0 Å². The minimum Gasteiger partial charge on any atom is -0.493 e. The lowest BCUT2D eigenvalue weighted by molar-refractivity contribution is -0.340. The van der Waals surface area contributed by atoms with Crippen LogP contribution in [0, 0.1) is 11.8 Å². The molecule has 6 aliphatic rings. The van der Waals surface area contributed by atoms with Crippen molar-refractivity contribution in [3.63, 3.8) is 0 Å². The number of rotatable bonds is 8. The zero-order valence-electron chi connectivity index (χ0n) is 29.5. The molecule has 1 aliphatic carbocycles. The van der Waals surface area contributed by atoms with Gasteiger partial charge >= 0.3 is 12.1 Å². The van der Waals surface area contributed by atoms with Crippen molar-refractivity contribution in [1.29, 1.82) is 0 Å². The van der Waals surface area contributed by atoms with Gasteiger partial charge in [0.15, 0.2) is 41.4 Å². The maximum absolute atomic E-state index is 13.7. The summed E-state index contributed by atoms with van der Waals surface area (Å²) in [6, 6.07) is 7.11. The van der Waals surface area contributed by atoms with Gasteiger partial charge in [-0.05, 0) is 61.7 Å². The molecule has 2 N–H and O–H groups in total. The SMILES string of the molecule is COc1cc(C2c3cc4c(cc3C(OC3OC5COC(C)OC5CC3O)C3COC(=O)[C@H]23)OCO4)cc(OC)c1OC(=O)NCC1COC(C)(C)O1. The molecule has 0 saturated carbocycles. The fourth-order valence-corrected chi connectivity index (χ4v) is 7.98. The van der Waals surface area contributed by atoms with E-state index in [1.165, 1.54) is 14.2 Å². The predicted molar refractivity (Wildman–Crippen MR) is 174 cm³/mol. The maximum Gasteiger partial charge on any atom is 0.412 e. The third kappa shape index (κ3) is 6.50. The van der Waals surface area contributed by atoms with Gasteiger partial charge in [-0.1, -0.05) is 0 Å². The van der Waals surface area contributed by atoms with Crippen LogP contribution < -0.4 is 29.0 Å². The van der Waals surface area contributed by atoms with E-state index in [1.807, 2.05) is 12.1 Å². The van der Waals surface area contributed by atoms with E-state index in [2.05, 4.69) is 5.32 Å². The molecule has 4 fully saturated rings. The highest BCUT2D eigenvalue weighted by Gasteiger charge is 2.55. The number of amides is 1. The number of fused-ring (bicyclic) bond motifs is 4. The Kier molecular flexibility index (Phi) is 9.34. The quantitative estimate of drug-likeness (QED) is 0.379. The van der Waals surface area contributed by atoms with Crippen molar-refractivity contribution in [2.45, 2.75) is 82.0 Å². The molecule has 8 rings (SSSR count). The molecule has 0 aromatic heterocycles. The Labute approximate surface area is 299 Å². The lowest BCUT2D eigenvalue weighted by Crippen LogP contribution is -2.55. The average molecular weight is 730 g/mol. The summed E-state index contributed by atoms with van der Waals surface area (Å²) < 4.78 is 70.1. The number of aliphatic hydroxyl groups is 1. The monoisotopic (exact) mass is 729 g/mol. The van der Waals surface area contributed by atoms with Crippen molar-refractivity contribution >= 4 is 12.1 Å². The molecule has 9 unspecified atom stereocenters. The number of carbonyl (C=O) groups excluding carboxylic acids is 2. The van der Waals surface area contributed by atoms with E-state index in [4.69, 9.17) is 56.8 Å². The van der Waals surface area contributed by atoms with Crippen LogP contribution in [-0.2, 0) is 38.0 Å². The summed E-state index contributed by atoms with van der Waals surface area (Å²) >= 11 is 0. The van der Waals surface area contributed by atoms with E-state index in [0.717, 1.165) is 5.56 Å². The second-order valence-corrected chi connectivity index (χ2v) is 14.1. The van der Waals surface area contributed by atoms with Gasteiger partial charge in [-0.15, -0.1) is 0 Å². The van der Waals surface area contributed by atoms with E-state index in [9.17, 15) is 14.7 Å². The highest BCUT2D eigenvalue weighted by molar-refractivity contribution is 5.79. The summed E-state index contributed by atoms with van der Waals surface area (Å²) in [6.07, 6.45) is -4.73. The number of hydrogen-bond donors (Lipinski definition) is 2. The standard InChI is InChI=1S/C36H43NO15/c1-16-43-14-28-25(48-16)10-22(38)34(49-28)50-31-20-9-24-23(45-15-46-24)8-19(20)29(30-21(31)13-44-33(30)39)17-6-26(41-4)32(27(7-17)42-5)51-35(40)37-11-18-12-47-36(2,3)52-18/h6-9,16,18,21-22,25,28-31,34,38H,10-15H2,1-5H3,(H,37,40)/t16?,18?,21?,22?,25?,28?,29?,30-,31?,34?/m0/s1. The zero-order valence-corrected chi connectivity index (χ0v) is 29.5. The lowest BCUT2D eigenvalue weighted by Gasteiger charge is -2.45. The molecule has 282 valence electrons. The van der Waals surface area contributed by atoms with Crippen LogP contribution in [0.2, 0.25) is 0 Å². The fraction of sp³-hybridized carbons (Fsp3) is 0.611. The Hall–Kier alpha value is -3.90. The van der Waals surface area contributed by atoms with Crippen molar-refractivity contribution in [2.24, 2.45) is 11.8 Å². The van der Waals surface area contributed by atoms with Crippen molar-refractivity contribution < 1.29 is 71.5 Å². The fourth-order valence-electron chi connectivity index (χ4n) is 7.98. The van der Waals surface area contributed by atoms with E-state index in [0.29, 0.717) is 42.3 Å². The smallest absolute Gasteiger partial charge is 0.412 e. The largest absolute Gasteiger partial charge is 0.493 e. The molecule has 0 spiro atoms. The van der Waals surface area contributed by atoms with Gasteiger partial charge in [-0.25, -0.2) is 4.79 Å². The highest BCUT2D eigenvalue weighted by atomic mass is 16.8. The molecule has 5 aliphatic heterocycles. The van der Waals surface area contributed by atoms with Crippen LogP contribution >= 0.6 is 0 Å². The number of hydrogen-bond acceptors (Lipinski definition) is 15. The Morgan fingerprint density at radius 2 is 1.69 bits per heavy atom. The van der Waals surface area contributed by atoms with Crippen LogP contribution in [-0.4, -0.2) is 107 Å². The number of methoxy groups -OCH3 is 2. The third-order valence-electron chi connectivity index (χ3n) is 10.4. The third-order valence-corrected chi connectivity index (χ3v) is 10.4. The van der Waals surface area contributed by atoms with Gasteiger partial charge in [0.1, 0.15) is 18.3 Å². The number of esters is 1. The lowest BCUT2D eigenvalue weighted by atomic mass is 9.66. The Morgan fingerprint density at radius 3 is 2.38 bits per heavy atom. The number of ether oxygens (including phenoxy) is 12. The molecule has 2 aromatic rings. The van der Waals surface area contributed by atoms with Gasteiger partial charge in [0, 0.05) is 24.8 Å². The Morgan fingerprint density at radius 1 is 0.962 bits per heavy atom. The van der Waals surface area contributed by atoms with E-state index >= 15 is 0 Å². The Balaban J connectivity index is 1.11. The summed E-state index contributed by atoms with van der Waals surface area (Å²) in [5.41, 5.74) is 2.07. The summed E-state index contributed by atoms with van der Waals surface area (Å²) in [6.45, 7) is 6.29. The van der Waals surface area contributed by atoms with Crippen LogP contribution in [0.1, 0.15) is 55.9 Å². The highest BCUT2D eigenvalue weighted by Crippen LogP contribution is 2.57. The number of benzene rings is 2. The minimum absolute atomic E-state index is 0.0304. The maximum atomic E-state index is 13.7. The molecule has 0 radical (unpaired) electrons. The molecule has 1 amide bonds. The molecule has 2 aromatic carbocycles. The number of cyclic esters (lactones) is 1. The molecule has 16 nitrogen and oxygen atoms in total. The Bertz CT molecular complexity index is 1670. The summed E-state index contributed by atoms with van der Waals surface area (Å²) in [7, 11) is 2.89. The van der Waals surface area contributed by atoms with E-state index in [1.54, 1.807) is 32.9 Å². The normalized spacial score (nSPS) is 34.1. The van der Waals surface area contributed by atoms with Crippen molar-refractivity contribution in [2.75, 3.05) is 47.4 Å². The first-order valence-corrected chi connectivity index (χ1v) is 17.4. The molecule has 52 heavy (non-hydrogen) atoms. The van der Waals surface area contributed by atoms with Crippen LogP contribution in [0.15, 0.2) is 24.3 Å². The number of nitrogens with one attached hydrogen (secondary N) is 1. The summed E-state index contributed by atoms with van der Waals surface area (Å²) in [5, 5.41) is 13.9. The van der Waals surface area contributed by atoms with Gasteiger partial charge in [-0.2, -0.15) is 0 Å². The average Bonchev–Trinajstić information content (AvgIpc) is 3.84. The molecule has 4 saturated heterocycles. The van der Waals surface area contributed by atoms with Crippen LogP contribution in [0.25, 0.3) is 0 Å². The first-order valence-electron chi connectivity index (χ1n) is 17.4.